The van der Waals surface area contributed by atoms with Gasteiger partial charge in [0.1, 0.15) is 11.6 Å². The average molecular weight is 257 g/mol. The zero-order chi connectivity index (χ0) is 14.3. The van der Waals surface area contributed by atoms with Gasteiger partial charge in [0.2, 0.25) is 0 Å². The number of benzene rings is 1. The Bertz CT molecular complexity index is 524. The molecule has 0 unspecified atom stereocenters. The minimum absolute atomic E-state index is 0.150. The van der Waals surface area contributed by atoms with Gasteiger partial charge < -0.3 is 4.74 Å². The fourth-order valence-electron chi connectivity index (χ4n) is 2.13. The lowest BCUT2D eigenvalue weighted by molar-refractivity contribution is -0.137. The summed E-state index contributed by atoms with van der Waals surface area (Å²) in [4.78, 5) is 11.7. The molecule has 1 aliphatic carbocycles. The van der Waals surface area contributed by atoms with Crippen molar-refractivity contribution in [2.75, 3.05) is 6.61 Å². The molecule has 0 aliphatic heterocycles. The summed E-state index contributed by atoms with van der Waals surface area (Å²) in [7, 11) is 0. The first-order chi connectivity index (χ1) is 9.27. The third kappa shape index (κ3) is 3.23. The first kappa shape index (κ1) is 15.0. The van der Waals surface area contributed by atoms with Gasteiger partial charge in [-0.05, 0) is 36.5 Å². The van der Waals surface area contributed by atoms with Crippen molar-refractivity contribution < 1.29 is 9.53 Å². The van der Waals surface area contributed by atoms with E-state index in [1.165, 1.54) is 5.56 Å². The van der Waals surface area contributed by atoms with Gasteiger partial charge in [0.15, 0.2) is 0 Å². The molecule has 0 saturated carbocycles. The Morgan fingerprint density at radius 1 is 1.32 bits per heavy atom. The Kier molecular flexibility index (Phi) is 5.81. The fraction of sp³-hybridized carbons (Fsp3) is 0.375. The Balaban J connectivity index is 0.000000861. The van der Waals surface area contributed by atoms with Gasteiger partial charge >= 0.3 is 5.97 Å². The molecule has 1 aromatic rings. The van der Waals surface area contributed by atoms with Gasteiger partial charge in [-0.25, -0.2) is 4.79 Å². The highest BCUT2D eigenvalue weighted by Gasteiger charge is 2.23. The Morgan fingerprint density at radius 2 is 2.00 bits per heavy atom. The quantitative estimate of drug-likeness (QED) is 0.463. The molecule has 0 spiro atoms. The lowest BCUT2D eigenvalue weighted by atomic mass is 10.0. The van der Waals surface area contributed by atoms with Gasteiger partial charge in [0.25, 0.3) is 0 Å². The number of hydrogen-bond acceptors (Lipinski definition) is 3. The van der Waals surface area contributed by atoms with Crippen LogP contribution in [0.25, 0.3) is 5.57 Å². The summed E-state index contributed by atoms with van der Waals surface area (Å²) < 4.78 is 4.90. The molecule has 0 N–H and O–H groups in total. The summed E-state index contributed by atoms with van der Waals surface area (Å²) in [6, 6.07) is 9.85. The average Bonchev–Trinajstić information content (AvgIpc) is 2.87. The zero-order valence-corrected chi connectivity index (χ0v) is 11.7. The van der Waals surface area contributed by atoms with Crippen LogP contribution in [0.5, 0.6) is 0 Å². The molecule has 3 heteroatoms. The second kappa shape index (κ2) is 7.38. The highest BCUT2D eigenvalue weighted by molar-refractivity contribution is 6.02. The third-order valence-corrected chi connectivity index (χ3v) is 2.88. The smallest absolute Gasteiger partial charge is 0.349 e. The monoisotopic (exact) mass is 257 g/mol. The molecule has 0 saturated heterocycles. The maximum Gasteiger partial charge on any atom is 0.349 e. The van der Waals surface area contributed by atoms with E-state index in [2.05, 4.69) is 0 Å². The number of nitrogens with zero attached hydrogens (tertiary/aromatic N) is 1. The number of ether oxygens (including phenoxy) is 1. The molecule has 19 heavy (non-hydrogen) atoms. The molecule has 0 aromatic heterocycles. The van der Waals surface area contributed by atoms with Crippen LogP contribution in [-0.2, 0) is 16.0 Å². The molecule has 1 aliphatic rings. The Labute approximate surface area is 114 Å². The summed E-state index contributed by atoms with van der Waals surface area (Å²) in [5.74, 6) is -0.512. The predicted molar refractivity (Wildman–Crippen MR) is 75.3 cm³/mol. The number of rotatable bonds is 2. The standard InChI is InChI=1S/C14H13NO2.C2H6/c1-2-17-14(16)13(9-15)12-8-7-10-5-3-4-6-11(10)12;1-2/h3-6H,2,7-8H2,1H3;1-2H3/b13-12+;. The van der Waals surface area contributed by atoms with Crippen LogP contribution in [0.15, 0.2) is 29.8 Å². The lowest BCUT2D eigenvalue weighted by Gasteiger charge is -2.04. The van der Waals surface area contributed by atoms with Crippen molar-refractivity contribution in [1.82, 2.24) is 0 Å². The topological polar surface area (TPSA) is 50.1 Å². The van der Waals surface area contributed by atoms with Crippen LogP contribution in [-0.4, -0.2) is 12.6 Å². The van der Waals surface area contributed by atoms with E-state index in [0.717, 1.165) is 24.0 Å². The van der Waals surface area contributed by atoms with Crippen molar-refractivity contribution in [3.05, 3.63) is 41.0 Å². The molecule has 1 aromatic carbocycles. The molecule has 100 valence electrons. The lowest BCUT2D eigenvalue weighted by Crippen LogP contribution is -2.08. The van der Waals surface area contributed by atoms with E-state index < -0.39 is 5.97 Å². The summed E-state index contributed by atoms with van der Waals surface area (Å²) >= 11 is 0. The van der Waals surface area contributed by atoms with E-state index in [1.807, 2.05) is 44.2 Å². The Morgan fingerprint density at radius 3 is 2.63 bits per heavy atom. The molecule has 3 nitrogen and oxygen atoms in total. The number of allylic oxidation sites excluding steroid dienone is 1. The maximum atomic E-state index is 11.7. The highest BCUT2D eigenvalue weighted by atomic mass is 16.5. The minimum atomic E-state index is -0.512. The Hall–Kier alpha value is -2.08. The van der Waals surface area contributed by atoms with Crippen LogP contribution in [0.3, 0.4) is 0 Å². The van der Waals surface area contributed by atoms with Crippen molar-refractivity contribution in [2.45, 2.75) is 33.6 Å². The first-order valence-corrected chi connectivity index (χ1v) is 6.66. The molecule has 0 amide bonds. The second-order valence-corrected chi connectivity index (χ2v) is 3.84. The molecular weight excluding hydrogens is 238 g/mol. The van der Waals surface area contributed by atoms with Crippen molar-refractivity contribution in [3.63, 3.8) is 0 Å². The summed E-state index contributed by atoms with van der Waals surface area (Å²) in [5, 5.41) is 9.10. The number of fused-ring (bicyclic) bond motifs is 1. The molecule has 0 radical (unpaired) electrons. The van der Waals surface area contributed by atoms with Crippen molar-refractivity contribution in [3.8, 4) is 6.07 Å². The minimum Gasteiger partial charge on any atom is -0.462 e. The van der Waals surface area contributed by atoms with E-state index in [-0.39, 0.29) is 5.57 Å². The van der Waals surface area contributed by atoms with E-state index in [4.69, 9.17) is 10.00 Å². The molecule has 2 rings (SSSR count). The van der Waals surface area contributed by atoms with Crippen LogP contribution in [0.2, 0.25) is 0 Å². The first-order valence-electron chi connectivity index (χ1n) is 6.66. The highest BCUT2D eigenvalue weighted by Crippen LogP contribution is 2.34. The van der Waals surface area contributed by atoms with Crippen molar-refractivity contribution in [1.29, 1.82) is 5.26 Å². The summed E-state index contributed by atoms with van der Waals surface area (Å²) in [6.45, 7) is 6.03. The van der Waals surface area contributed by atoms with Gasteiger partial charge in [-0.1, -0.05) is 38.1 Å². The fourth-order valence-corrected chi connectivity index (χ4v) is 2.13. The van der Waals surface area contributed by atoms with Crippen LogP contribution in [0.4, 0.5) is 0 Å². The van der Waals surface area contributed by atoms with E-state index >= 15 is 0 Å². The van der Waals surface area contributed by atoms with Crippen LogP contribution in [0.1, 0.15) is 38.3 Å². The van der Waals surface area contributed by atoms with Gasteiger partial charge in [-0.15, -0.1) is 0 Å². The number of hydrogen-bond donors (Lipinski definition) is 0. The van der Waals surface area contributed by atoms with E-state index in [0.29, 0.717) is 6.61 Å². The van der Waals surface area contributed by atoms with Gasteiger partial charge in [0.05, 0.1) is 6.61 Å². The third-order valence-electron chi connectivity index (χ3n) is 2.88. The van der Waals surface area contributed by atoms with Gasteiger partial charge in [0, 0.05) is 0 Å². The SMILES string of the molecule is CC.CCOC(=O)/C(C#N)=C1\CCc2ccccc21. The molecule has 0 heterocycles. The molecular formula is C16H19NO2. The van der Waals surface area contributed by atoms with Crippen molar-refractivity contribution >= 4 is 11.5 Å². The molecule has 0 atom stereocenters. The number of carbonyl (C=O) groups is 1. The molecule has 0 bridgehead atoms. The van der Waals surface area contributed by atoms with E-state index in [1.54, 1.807) is 6.92 Å². The van der Waals surface area contributed by atoms with Crippen molar-refractivity contribution in [2.24, 2.45) is 0 Å². The van der Waals surface area contributed by atoms with Crippen LogP contribution in [0, 0.1) is 11.3 Å². The summed E-state index contributed by atoms with van der Waals surface area (Å²) in [5.41, 5.74) is 3.18. The normalized spacial score (nSPS) is 14.6. The zero-order valence-electron chi connectivity index (χ0n) is 11.7. The number of esters is 1. The predicted octanol–water partition coefficient (Wildman–Crippen LogP) is 3.50. The largest absolute Gasteiger partial charge is 0.462 e. The number of carbonyl (C=O) groups excluding carboxylic acids is 1. The number of nitriles is 1. The second-order valence-electron chi connectivity index (χ2n) is 3.84. The van der Waals surface area contributed by atoms with Gasteiger partial charge in [-0.3, -0.25) is 0 Å². The van der Waals surface area contributed by atoms with E-state index in [9.17, 15) is 4.79 Å². The van der Waals surface area contributed by atoms with Gasteiger partial charge in [-0.2, -0.15) is 5.26 Å². The van der Waals surface area contributed by atoms with Crippen LogP contribution < -0.4 is 0 Å². The molecule has 0 fully saturated rings. The maximum absolute atomic E-state index is 11.7. The van der Waals surface area contributed by atoms with Crippen LogP contribution >= 0.6 is 0 Å². The number of aryl methyl sites for hydroxylation is 1. The summed E-state index contributed by atoms with van der Waals surface area (Å²) in [6.07, 6.45) is 1.62.